The molecule has 0 radical (unpaired) electrons. The van der Waals surface area contributed by atoms with Gasteiger partial charge in [-0.1, -0.05) is 41.5 Å². The predicted molar refractivity (Wildman–Crippen MR) is 64.2 cm³/mol. The summed E-state index contributed by atoms with van der Waals surface area (Å²) in [6.07, 6.45) is 2.99. The van der Waals surface area contributed by atoms with E-state index >= 15 is 0 Å². The van der Waals surface area contributed by atoms with Crippen LogP contribution in [0.1, 0.15) is 64.5 Å². The zero-order valence-electron chi connectivity index (χ0n) is 10.8. The average Bonchev–Trinajstić information content (AvgIpc) is 2.15. The van der Waals surface area contributed by atoms with Crippen molar-refractivity contribution in [2.75, 3.05) is 0 Å². The Labute approximate surface area is 93.2 Å². The Morgan fingerprint density at radius 1 is 1.27 bits per heavy atom. The summed E-state index contributed by atoms with van der Waals surface area (Å²) in [5.74, 6) is 1.36. The highest BCUT2D eigenvalue weighted by atomic mass is 14.9. The molecule has 1 rings (SSSR count). The lowest BCUT2D eigenvalue weighted by atomic mass is 9.88. The molecule has 0 amide bonds. The molecule has 0 aromatic carbocycles. The van der Waals surface area contributed by atoms with Crippen molar-refractivity contribution in [3.63, 3.8) is 0 Å². The molecule has 1 aromatic rings. The van der Waals surface area contributed by atoms with Gasteiger partial charge < -0.3 is 0 Å². The van der Waals surface area contributed by atoms with Gasteiger partial charge in [-0.15, -0.1) is 0 Å². The first kappa shape index (κ1) is 12.2. The number of nitrogens with zero attached hydrogens (tertiary/aromatic N) is 2. The lowest BCUT2D eigenvalue weighted by Crippen LogP contribution is -2.18. The van der Waals surface area contributed by atoms with Gasteiger partial charge in [0, 0.05) is 17.5 Å². The van der Waals surface area contributed by atoms with Crippen molar-refractivity contribution >= 4 is 0 Å². The predicted octanol–water partition coefficient (Wildman–Crippen LogP) is 3.46. The van der Waals surface area contributed by atoms with Gasteiger partial charge in [0.1, 0.15) is 5.82 Å². The Morgan fingerprint density at radius 2 is 1.87 bits per heavy atom. The van der Waals surface area contributed by atoms with Crippen LogP contribution in [0.2, 0.25) is 0 Å². The molecule has 2 heteroatoms. The van der Waals surface area contributed by atoms with Gasteiger partial charge in [0.2, 0.25) is 0 Å². The van der Waals surface area contributed by atoms with Gasteiger partial charge >= 0.3 is 0 Å². The Balaban J connectivity index is 3.26. The lowest BCUT2D eigenvalue weighted by molar-refractivity contribution is 0.550. The number of rotatable bonds is 2. The standard InChI is InChI=1S/C13H22N2/c1-7-10-8-14-12(9(2)3)15-11(10)13(4,5)6/h8-9H,7H2,1-6H3. The smallest absolute Gasteiger partial charge is 0.131 e. The SMILES string of the molecule is CCc1cnc(C(C)C)nc1C(C)(C)C. The highest BCUT2D eigenvalue weighted by Crippen LogP contribution is 2.25. The van der Waals surface area contributed by atoms with Gasteiger partial charge in [0.05, 0.1) is 5.69 Å². The minimum Gasteiger partial charge on any atom is -0.241 e. The quantitative estimate of drug-likeness (QED) is 0.740. The zero-order chi connectivity index (χ0) is 11.6. The summed E-state index contributed by atoms with van der Waals surface area (Å²) in [5.41, 5.74) is 2.58. The van der Waals surface area contributed by atoms with E-state index in [2.05, 4.69) is 46.5 Å². The summed E-state index contributed by atoms with van der Waals surface area (Å²) in [5, 5.41) is 0. The van der Waals surface area contributed by atoms with Crippen LogP contribution in [0.4, 0.5) is 0 Å². The van der Waals surface area contributed by atoms with Crippen LogP contribution >= 0.6 is 0 Å². The van der Waals surface area contributed by atoms with E-state index in [0.717, 1.165) is 12.2 Å². The maximum Gasteiger partial charge on any atom is 0.131 e. The second-order valence-corrected chi connectivity index (χ2v) is 5.36. The Hall–Kier alpha value is -0.920. The van der Waals surface area contributed by atoms with Crippen LogP contribution < -0.4 is 0 Å². The molecule has 2 nitrogen and oxygen atoms in total. The molecule has 0 spiro atoms. The molecular formula is C13H22N2. The molecule has 0 aliphatic carbocycles. The number of aryl methyl sites for hydroxylation is 1. The molecule has 0 N–H and O–H groups in total. The molecule has 0 unspecified atom stereocenters. The fourth-order valence-electron chi connectivity index (χ4n) is 1.61. The van der Waals surface area contributed by atoms with E-state index in [-0.39, 0.29) is 5.41 Å². The fraction of sp³-hybridized carbons (Fsp3) is 0.692. The minimum atomic E-state index is 0.109. The molecule has 0 aliphatic rings. The van der Waals surface area contributed by atoms with Crippen molar-refractivity contribution in [3.8, 4) is 0 Å². The van der Waals surface area contributed by atoms with Crippen molar-refractivity contribution in [3.05, 3.63) is 23.3 Å². The van der Waals surface area contributed by atoms with Crippen LogP contribution in [0, 0.1) is 0 Å². The normalized spacial score (nSPS) is 12.2. The van der Waals surface area contributed by atoms with Gasteiger partial charge in [-0.25, -0.2) is 9.97 Å². The van der Waals surface area contributed by atoms with Crippen LogP contribution in [-0.2, 0) is 11.8 Å². The van der Waals surface area contributed by atoms with Crippen molar-refractivity contribution in [1.29, 1.82) is 0 Å². The van der Waals surface area contributed by atoms with E-state index in [9.17, 15) is 0 Å². The number of hydrogen-bond acceptors (Lipinski definition) is 2. The van der Waals surface area contributed by atoms with Gasteiger partial charge in [0.25, 0.3) is 0 Å². The molecule has 0 saturated heterocycles. The van der Waals surface area contributed by atoms with Crippen molar-refractivity contribution < 1.29 is 0 Å². The first-order valence-electron chi connectivity index (χ1n) is 5.72. The lowest BCUT2D eigenvalue weighted by Gasteiger charge is -2.22. The minimum absolute atomic E-state index is 0.109. The van der Waals surface area contributed by atoms with Gasteiger partial charge in [-0.05, 0) is 12.0 Å². The van der Waals surface area contributed by atoms with Crippen molar-refractivity contribution in [1.82, 2.24) is 9.97 Å². The van der Waals surface area contributed by atoms with Crippen LogP contribution in [0.5, 0.6) is 0 Å². The number of aromatic nitrogens is 2. The largest absolute Gasteiger partial charge is 0.241 e. The third kappa shape index (κ3) is 2.77. The molecule has 0 aliphatic heterocycles. The average molecular weight is 206 g/mol. The van der Waals surface area contributed by atoms with E-state index in [4.69, 9.17) is 4.98 Å². The summed E-state index contributed by atoms with van der Waals surface area (Å²) in [6.45, 7) is 13.0. The maximum absolute atomic E-state index is 4.70. The third-order valence-corrected chi connectivity index (χ3v) is 2.49. The molecule has 0 saturated carbocycles. The summed E-state index contributed by atoms with van der Waals surface area (Å²) in [7, 11) is 0. The van der Waals surface area contributed by atoms with Crippen LogP contribution in [0.25, 0.3) is 0 Å². The topological polar surface area (TPSA) is 25.8 Å². The first-order chi connectivity index (χ1) is 6.86. The molecule has 15 heavy (non-hydrogen) atoms. The first-order valence-corrected chi connectivity index (χ1v) is 5.72. The fourth-order valence-corrected chi connectivity index (χ4v) is 1.61. The third-order valence-electron chi connectivity index (χ3n) is 2.49. The zero-order valence-corrected chi connectivity index (χ0v) is 10.8. The summed E-state index contributed by atoms with van der Waals surface area (Å²) < 4.78 is 0. The second kappa shape index (κ2) is 4.30. The van der Waals surface area contributed by atoms with Crippen molar-refractivity contribution in [2.45, 2.75) is 59.3 Å². The molecule has 0 bridgehead atoms. The molecule has 84 valence electrons. The van der Waals surface area contributed by atoms with Crippen LogP contribution in [0.15, 0.2) is 6.20 Å². The van der Waals surface area contributed by atoms with E-state index in [0.29, 0.717) is 5.92 Å². The second-order valence-electron chi connectivity index (χ2n) is 5.36. The molecule has 1 aromatic heterocycles. The number of hydrogen-bond donors (Lipinski definition) is 0. The van der Waals surface area contributed by atoms with Gasteiger partial charge in [-0.3, -0.25) is 0 Å². The molecule has 1 heterocycles. The highest BCUT2D eigenvalue weighted by molar-refractivity contribution is 5.24. The highest BCUT2D eigenvalue weighted by Gasteiger charge is 2.20. The van der Waals surface area contributed by atoms with E-state index in [1.165, 1.54) is 11.3 Å². The molecule has 0 fully saturated rings. The summed E-state index contributed by atoms with van der Waals surface area (Å²) >= 11 is 0. The van der Waals surface area contributed by atoms with Crippen LogP contribution in [-0.4, -0.2) is 9.97 Å². The van der Waals surface area contributed by atoms with E-state index in [1.54, 1.807) is 0 Å². The Bertz CT molecular complexity index is 335. The Kier molecular flexibility index (Phi) is 3.48. The molecule has 0 atom stereocenters. The van der Waals surface area contributed by atoms with E-state index < -0.39 is 0 Å². The summed E-state index contributed by atoms with van der Waals surface area (Å²) in [6, 6.07) is 0. The maximum atomic E-state index is 4.70. The summed E-state index contributed by atoms with van der Waals surface area (Å²) in [4.78, 5) is 9.12. The molecular weight excluding hydrogens is 184 g/mol. The van der Waals surface area contributed by atoms with E-state index in [1.807, 2.05) is 6.20 Å². The van der Waals surface area contributed by atoms with Gasteiger partial charge in [0.15, 0.2) is 0 Å². The van der Waals surface area contributed by atoms with Gasteiger partial charge in [-0.2, -0.15) is 0 Å². The Morgan fingerprint density at radius 3 is 2.27 bits per heavy atom. The monoisotopic (exact) mass is 206 g/mol. The van der Waals surface area contributed by atoms with Crippen molar-refractivity contribution in [2.24, 2.45) is 0 Å². The van der Waals surface area contributed by atoms with Crippen LogP contribution in [0.3, 0.4) is 0 Å².